The van der Waals surface area contributed by atoms with Gasteiger partial charge in [0.05, 0.1) is 32.8 Å². The van der Waals surface area contributed by atoms with E-state index in [0.29, 0.717) is 37.9 Å². The number of hydrogen-bond acceptors (Lipinski definition) is 4. The number of carbonyl (C=O) groups is 1. The van der Waals surface area contributed by atoms with Gasteiger partial charge in [0.15, 0.2) is 0 Å². The van der Waals surface area contributed by atoms with E-state index < -0.39 is 0 Å². The number of morpholine rings is 1. The van der Waals surface area contributed by atoms with Gasteiger partial charge in [0, 0.05) is 18.1 Å². The Morgan fingerprint density at radius 2 is 2.10 bits per heavy atom. The van der Waals surface area contributed by atoms with Gasteiger partial charge < -0.3 is 14.4 Å². The summed E-state index contributed by atoms with van der Waals surface area (Å²) in [6.07, 6.45) is 0.0668. The van der Waals surface area contributed by atoms with Crippen LogP contribution in [0.2, 0.25) is 5.02 Å². The first-order valence-corrected chi connectivity index (χ1v) is 7.58. The topological polar surface area (TPSA) is 42.0 Å². The maximum Gasteiger partial charge on any atom is 0.237 e. The summed E-state index contributed by atoms with van der Waals surface area (Å²) in [4.78, 5) is 16.1. The molecule has 0 aliphatic carbocycles. The van der Waals surface area contributed by atoms with E-state index in [1.165, 1.54) is 0 Å². The summed E-state index contributed by atoms with van der Waals surface area (Å²) in [6.45, 7) is 4.88. The van der Waals surface area contributed by atoms with E-state index in [2.05, 4.69) is 4.90 Å². The Hall–Kier alpha value is -1.30. The van der Waals surface area contributed by atoms with E-state index in [-0.39, 0.29) is 12.0 Å². The summed E-state index contributed by atoms with van der Waals surface area (Å²) in [5.41, 5.74) is 0. The van der Waals surface area contributed by atoms with Crippen molar-refractivity contribution in [2.45, 2.75) is 6.10 Å². The number of benzene rings is 1. The molecule has 2 heterocycles. The average Bonchev–Trinajstić information content (AvgIpc) is 2.43. The molecule has 1 aromatic carbocycles. The summed E-state index contributed by atoms with van der Waals surface area (Å²) in [5.74, 6) is 0.927. The number of nitrogens with zero attached hydrogens (tertiary/aromatic N) is 2. The Labute approximate surface area is 129 Å². The van der Waals surface area contributed by atoms with Crippen molar-refractivity contribution in [3.8, 4) is 5.75 Å². The van der Waals surface area contributed by atoms with E-state index in [0.717, 1.165) is 18.8 Å². The van der Waals surface area contributed by atoms with Gasteiger partial charge in [0.1, 0.15) is 11.9 Å². The number of likely N-dealkylation sites (tertiary alicyclic amines) is 1. The molecule has 2 fully saturated rings. The lowest BCUT2D eigenvalue weighted by molar-refractivity contribution is -0.142. The Morgan fingerprint density at radius 1 is 1.33 bits per heavy atom. The van der Waals surface area contributed by atoms with Crippen molar-refractivity contribution >= 4 is 17.5 Å². The predicted octanol–water partition coefficient (Wildman–Crippen LogP) is 1.26. The van der Waals surface area contributed by atoms with Gasteiger partial charge >= 0.3 is 0 Å². The van der Waals surface area contributed by atoms with Crippen molar-refractivity contribution in [3.63, 3.8) is 0 Å². The molecular weight excluding hydrogens is 292 g/mol. The van der Waals surface area contributed by atoms with Gasteiger partial charge in [-0.05, 0) is 18.2 Å². The molecule has 2 aliphatic heterocycles. The highest BCUT2D eigenvalue weighted by molar-refractivity contribution is 6.30. The van der Waals surface area contributed by atoms with Crippen molar-refractivity contribution < 1.29 is 14.3 Å². The van der Waals surface area contributed by atoms with Crippen LogP contribution in [0, 0.1) is 0 Å². The van der Waals surface area contributed by atoms with E-state index in [1.54, 1.807) is 6.07 Å². The van der Waals surface area contributed by atoms with Crippen LogP contribution in [0.3, 0.4) is 0 Å². The molecule has 0 bridgehead atoms. The van der Waals surface area contributed by atoms with E-state index >= 15 is 0 Å². The second-order valence-electron chi connectivity index (χ2n) is 5.38. The molecule has 0 spiro atoms. The lowest BCUT2D eigenvalue weighted by Gasteiger charge is -2.40. The highest BCUT2D eigenvalue weighted by Gasteiger charge is 2.33. The van der Waals surface area contributed by atoms with Crippen molar-refractivity contribution in [2.24, 2.45) is 0 Å². The quantitative estimate of drug-likeness (QED) is 0.840. The maximum atomic E-state index is 12.1. The standard InChI is InChI=1S/C15H19ClN2O3/c16-12-2-1-3-13(8-12)21-14-9-18(10-14)15(19)11-17-4-6-20-7-5-17/h1-3,8,14H,4-7,9-11H2. The van der Waals surface area contributed by atoms with Crippen LogP contribution in [0.15, 0.2) is 24.3 Å². The summed E-state index contributed by atoms with van der Waals surface area (Å²) in [6, 6.07) is 7.34. The van der Waals surface area contributed by atoms with Gasteiger partial charge in [0.2, 0.25) is 5.91 Å². The van der Waals surface area contributed by atoms with Crippen molar-refractivity contribution in [2.75, 3.05) is 45.9 Å². The zero-order valence-corrected chi connectivity index (χ0v) is 12.6. The van der Waals surface area contributed by atoms with Crippen LogP contribution in [0.4, 0.5) is 0 Å². The van der Waals surface area contributed by atoms with Crippen LogP contribution >= 0.6 is 11.6 Å². The number of hydrogen-bond donors (Lipinski definition) is 0. The monoisotopic (exact) mass is 310 g/mol. The van der Waals surface area contributed by atoms with Crippen LogP contribution in [0.1, 0.15) is 0 Å². The Morgan fingerprint density at radius 3 is 2.81 bits per heavy atom. The molecule has 5 nitrogen and oxygen atoms in total. The second kappa shape index (κ2) is 6.64. The van der Waals surface area contributed by atoms with Crippen molar-refractivity contribution in [3.05, 3.63) is 29.3 Å². The minimum atomic E-state index is 0.0668. The number of ether oxygens (including phenoxy) is 2. The molecule has 0 unspecified atom stereocenters. The summed E-state index contributed by atoms with van der Waals surface area (Å²) >= 11 is 5.92. The molecule has 6 heteroatoms. The molecule has 0 N–H and O–H groups in total. The summed E-state index contributed by atoms with van der Waals surface area (Å²) in [5, 5.41) is 0.659. The number of halogens is 1. The molecule has 0 saturated carbocycles. The molecule has 0 aromatic heterocycles. The molecule has 1 aromatic rings. The van der Waals surface area contributed by atoms with Gasteiger partial charge in [-0.3, -0.25) is 9.69 Å². The predicted molar refractivity (Wildman–Crippen MR) is 79.7 cm³/mol. The highest BCUT2D eigenvalue weighted by atomic mass is 35.5. The van der Waals surface area contributed by atoms with E-state index in [4.69, 9.17) is 21.1 Å². The van der Waals surface area contributed by atoms with Gasteiger partial charge in [-0.25, -0.2) is 0 Å². The molecule has 2 saturated heterocycles. The fourth-order valence-electron chi connectivity index (χ4n) is 2.50. The fourth-order valence-corrected chi connectivity index (χ4v) is 2.68. The van der Waals surface area contributed by atoms with Gasteiger partial charge in [-0.2, -0.15) is 0 Å². The third kappa shape index (κ3) is 3.87. The first-order valence-electron chi connectivity index (χ1n) is 7.21. The van der Waals surface area contributed by atoms with Crippen LogP contribution < -0.4 is 4.74 Å². The molecule has 2 aliphatic rings. The van der Waals surface area contributed by atoms with Crippen LogP contribution in [-0.4, -0.2) is 67.7 Å². The second-order valence-corrected chi connectivity index (χ2v) is 5.82. The largest absolute Gasteiger partial charge is 0.487 e. The molecule has 114 valence electrons. The fraction of sp³-hybridized carbons (Fsp3) is 0.533. The van der Waals surface area contributed by atoms with Gasteiger partial charge in [0.25, 0.3) is 0 Å². The first kappa shape index (κ1) is 14.6. The molecular formula is C15H19ClN2O3. The molecule has 21 heavy (non-hydrogen) atoms. The maximum absolute atomic E-state index is 12.1. The lowest BCUT2D eigenvalue weighted by atomic mass is 10.1. The zero-order valence-electron chi connectivity index (χ0n) is 11.8. The Kier molecular flexibility index (Phi) is 4.63. The third-order valence-corrected chi connectivity index (χ3v) is 4.00. The average molecular weight is 311 g/mol. The van der Waals surface area contributed by atoms with Crippen LogP contribution in [0.25, 0.3) is 0 Å². The summed E-state index contributed by atoms with van der Waals surface area (Å²) in [7, 11) is 0. The number of rotatable bonds is 4. The van der Waals surface area contributed by atoms with Crippen LogP contribution in [-0.2, 0) is 9.53 Å². The molecule has 3 rings (SSSR count). The first-order chi connectivity index (χ1) is 10.2. The van der Waals surface area contributed by atoms with Crippen molar-refractivity contribution in [1.82, 2.24) is 9.80 Å². The summed E-state index contributed by atoms with van der Waals surface area (Å²) < 4.78 is 11.1. The smallest absolute Gasteiger partial charge is 0.237 e. The molecule has 1 amide bonds. The van der Waals surface area contributed by atoms with Crippen LogP contribution in [0.5, 0.6) is 5.75 Å². The zero-order chi connectivity index (χ0) is 14.7. The van der Waals surface area contributed by atoms with E-state index in [1.807, 2.05) is 23.1 Å². The Balaban J connectivity index is 1.41. The minimum Gasteiger partial charge on any atom is -0.487 e. The number of carbonyl (C=O) groups excluding carboxylic acids is 1. The molecule has 0 atom stereocenters. The third-order valence-electron chi connectivity index (χ3n) is 3.76. The Bertz CT molecular complexity index is 499. The van der Waals surface area contributed by atoms with Gasteiger partial charge in [-0.1, -0.05) is 17.7 Å². The lowest BCUT2D eigenvalue weighted by Crippen LogP contribution is -2.58. The minimum absolute atomic E-state index is 0.0668. The van der Waals surface area contributed by atoms with Gasteiger partial charge in [-0.15, -0.1) is 0 Å². The molecule has 0 radical (unpaired) electrons. The SMILES string of the molecule is O=C(CN1CCOCC1)N1CC(Oc2cccc(Cl)c2)C1. The normalized spacial score (nSPS) is 20.1. The number of amides is 1. The van der Waals surface area contributed by atoms with Crippen molar-refractivity contribution in [1.29, 1.82) is 0 Å². The van der Waals surface area contributed by atoms with E-state index in [9.17, 15) is 4.79 Å². The highest BCUT2D eigenvalue weighted by Crippen LogP contribution is 2.21.